The lowest BCUT2D eigenvalue weighted by molar-refractivity contribution is -0.138. The number of aromatic amines is 1. The van der Waals surface area contributed by atoms with Gasteiger partial charge in [0.15, 0.2) is 0 Å². The summed E-state index contributed by atoms with van der Waals surface area (Å²) in [4.78, 5) is 27.2. The zero-order chi connectivity index (χ0) is 24.4. The first kappa shape index (κ1) is 22.8. The van der Waals surface area contributed by atoms with Gasteiger partial charge in [-0.1, -0.05) is 6.07 Å². The van der Waals surface area contributed by atoms with Gasteiger partial charge in [-0.05, 0) is 55.9 Å². The molecule has 8 nitrogen and oxygen atoms in total. The summed E-state index contributed by atoms with van der Waals surface area (Å²) in [5.41, 5.74) is 2.97. The fraction of sp³-hybridized carbons (Fsp3) is 0.308. The topological polar surface area (TPSA) is 110 Å². The molecule has 0 unspecified atom stereocenters. The van der Waals surface area contributed by atoms with E-state index in [0.29, 0.717) is 34.3 Å². The monoisotopic (exact) mass is 476 g/mol. The number of halogens is 1. The van der Waals surface area contributed by atoms with Gasteiger partial charge in [0.05, 0.1) is 41.8 Å². The fourth-order valence-electron chi connectivity index (χ4n) is 4.51. The second-order valence-electron chi connectivity index (χ2n) is 8.76. The van der Waals surface area contributed by atoms with E-state index in [2.05, 4.69) is 19.9 Å². The van der Waals surface area contributed by atoms with Crippen LogP contribution < -0.4 is 9.47 Å². The third-order valence-electron chi connectivity index (χ3n) is 6.38. The number of carbonyl (C=O) groups is 1. The highest BCUT2D eigenvalue weighted by Gasteiger charge is 2.24. The molecule has 35 heavy (non-hydrogen) atoms. The Labute approximate surface area is 201 Å². The summed E-state index contributed by atoms with van der Waals surface area (Å²) in [6, 6.07) is 10.3. The molecular formula is C26H25FN4O4. The standard InChI is InChI=1S/C26H25FN4O4/c1-34-18-7-9-21-22(12-18)31-26(30-21)19-8-4-16(11-20(19)27)23-13-29-24(14-28-23)35-17-5-2-15(3-6-17)10-25(32)33/h4,7-9,11-15,17H,2-3,5-6,10H2,1H3,(H,30,31)(H,32,33). The molecule has 2 aromatic carbocycles. The Bertz CT molecular complexity index is 1350. The Hall–Kier alpha value is -4.01. The van der Waals surface area contributed by atoms with Crippen LogP contribution in [0, 0.1) is 11.7 Å². The number of H-pyrrole nitrogens is 1. The third kappa shape index (κ3) is 5.08. The molecule has 2 aromatic heterocycles. The number of nitrogens with one attached hydrogen (secondary N) is 1. The normalized spacial score (nSPS) is 17.9. The predicted molar refractivity (Wildman–Crippen MR) is 128 cm³/mol. The van der Waals surface area contributed by atoms with E-state index >= 15 is 4.39 Å². The fourth-order valence-corrected chi connectivity index (χ4v) is 4.51. The number of imidazole rings is 1. The molecule has 0 radical (unpaired) electrons. The molecule has 2 heterocycles. The number of ether oxygens (including phenoxy) is 2. The van der Waals surface area contributed by atoms with Gasteiger partial charge in [-0.3, -0.25) is 4.79 Å². The highest BCUT2D eigenvalue weighted by molar-refractivity contribution is 5.81. The van der Waals surface area contributed by atoms with Crippen molar-refractivity contribution in [1.29, 1.82) is 0 Å². The van der Waals surface area contributed by atoms with Crippen LogP contribution in [0.3, 0.4) is 0 Å². The van der Waals surface area contributed by atoms with Crippen LogP contribution in [-0.4, -0.2) is 44.2 Å². The number of fused-ring (bicyclic) bond motifs is 1. The van der Waals surface area contributed by atoms with Gasteiger partial charge < -0.3 is 19.6 Å². The van der Waals surface area contributed by atoms with Crippen molar-refractivity contribution in [3.63, 3.8) is 0 Å². The molecule has 0 amide bonds. The summed E-state index contributed by atoms with van der Waals surface area (Å²) in [6.07, 6.45) is 6.55. The van der Waals surface area contributed by atoms with E-state index in [9.17, 15) is 4.79 Å². The first-order valence-electron chi connectivity index (χ1n) is 11.5. The Morgan fingerprint density at radius 3 is 2.63 bits per heavy atom. The molecule has 4 aromatic rings. The van der Waals surface area contributed by atoms with Crippen LogP contribution in [0.1, 0.15) is 32.1 Å². The summed E-state index contributed by atoms with van der Waals surface area (Å²) in [7, 11) is 1.59. The van der Waals surface area contributed by atoms with E-state index in [1.807, 2.05) is 18.2 Å². The van der Waals surface area contributed by atoms with Crippen molar-refractivity contribution in [1.82, 2.24) is 19.9 Å². The lowest BCUT2D eigenvalue weighted by atomic mass is 9.85. The van der Waals surface area contributed by atoms with Crippen molar-refractivity contribution < 1.29 is 23.8 Å². The van der Waals surface area contributed by atoms with Crippen LogP contribution in [0.25, 0.3) is 33.7 Å². The molecular weight excluding hydrogens is 451 g/mol. The van der Waals surface area contributed by atoms with Crippen molar-refractivity contribution in [2.24, 2.45) is 5.92 Å². The summed E-state index contributed by atoms with van der Waals surface area (Å²) >= 11 is 0. The SMILES string of the molecule is COc1ccc2nc(-c3ccc(-c4cnc(OC5CCC(CC(=O)O)CC5)cn4)cc3F)[nH]c2c1. The lowest BCUT2D eigenvalue weighted by Gasteiger charge is -2.27. The molecule has 5 rings (SSSR count). The van der Waals surface area contributed by atoms with Gasteiger partial charge in [-0.15, -0.1) is 0 Å². The molecule has 1 aliphatic rings. The minimum atomic E-state index is -0.751. The first-order valence-corrected chi connectivity index (χ1v) is 11.5. The van der Waals surface area contributed by atoms with Gasteiger partial charge in [-0.2, -0.15) is 0 Å². The van der Waals surface area contributed by atoms with Crippen LogP contribution in [-0.2, 0) is 4.79 Å². The minimum absolute atomic E-state index is 0.000648. The van der Waals surface area contributed by atoms with Crippen molar-refractivity contribution in [2.75, 3.05) is 7.11 Å². The number of carboxylic acid groups (broad SMARTS) is 1. The molecule has 0 bridgehead atoms. The van der Waals surface area contributed by atoms with Gasteiger partial charge in [-0.25, -0.2) is 19.3 Å². The number of hydrogen-bond donors (Lipinski definition) is 2. The van der Waals surface area contributed by atoms with Crippen LogP contribution >= 0.6 is 0 Å². The van der Waals surface area contributed by atoms with Crippen molar-refractivity contribution in [2.45, 2.75) is 38.2 Å². The summed E-state index contributed by atoms with van der Waals surface area (Å²) in [5, 5.41) is 8.94. The van der Waals surface area contributed by atoms with Crippen molar-refractivity contribution in [3.8, 4) is 34.3 Å². The minimum Gasteiger partial charge on any atom is -0.497 e. The number of benzene rings is 2. The number of methoxy groups -OCH3 is 1. The molecule has 0 aliphatic heterocycles. The van der Waals surface area contributed by atoms with Crippen LogP contribution in [0.15, 0.2) is 48.8 Å². The summed E-state index contributed by atoms with van der Waals surface area (Å²) in [6.45, 7) is 0. The lowest BCUT2D eigenvalue weighted by Crippen LogP contribution is -2.25. The Kier molecular flexibility index (Phi) is 6.31. The van der Waals surface area contributed by atoms with Crippen LogP contribution in [0.5, 0.6) is 11.6 Å². The maximum Gasteiger partial charge on any atom is 0.303 e. The zero-order valence-corrected chi connectivity index (χ0v) is 19.2. The summed E-state index contributed by atoms with van der Waals surface area (Å²) in [5.74, 6) is 0.573. The molecule has 1 fully saturated rings. The maximum absolute atomic E-state index is 15.0. The Morgan fingerprint density at radius 1 is 1.11 bits per heavy atom. The van der Waals surface area contributed by atoms with Crippen LogP contribution in [0.2, 0.25) is 0 Å². The highest BCUT2D eigenvalue weighted by atomic mass is 19.1. The van der Waals surface area contributed by atoms with E-state index in [1.54, 1.807) is 25.4 Å². The second kappa shape index (κ2) is 9.69. The van der Waals surface area contributed by atoms with Gasteiger partial charge in [0.2, 0.25) is 5.88 Å². The largest absolute Gasteiger partial charge is 0.497 e. The van der Waals surface area contributed by atoms with Crippen molar-refractivity contribution >= 4 is 17.0 Å². The Morgan fingerprint density at radius 2 is 1.94 bits per heavy atom. The number of aliphatic carboxylic acids is 1. The smallest absolute Gasteiger partial charge is 0.303 e. The van der Waals surface area contributed by atoms with E-state index in [1.165, 1.54) is 12.3 Å². The molecule has 0 saturated heterocycles. The van der Waals surface area contributed by atoms with Gasteiger partial charge in [0, 0.05) is 18.1 Å². The number of nitrogens with zero attached hydrogens (tertiary/aromatic N) is 3. The number of hydrogen-bond acceptors (Lipinski definition) is 6. The molecule has 180 valence electrons. The van der Waals surface area contributed by atoms with Gasteiger partial charge >= 0.3 is 5.97 Å². The first-order chi connectivity index (χ1) is 17.0. The van der Waals surface area contributed by atoms with Crippen molar-refractivity contribution in [3.05, 3.63) is 54.6 Å². The van der Waals surface area contributed by atoms with E-state index in [0.717, 1.165) is 36.7 Å². The number of rotatable bonds is 7. The average molecular weight is 477 g/mol. The van der Waals surface area contributed by atoms with E-state index < -0.39 is 11.8 Å². The van der Waals surface area contributed by atoms with Gasteiger partial charge in [0.1, 0.15) is 23.5 Å². The molecule has 1 aliphatic carbocycles. The Balaban J connectivity index is 1.26. The molecule has 2 N–H and O–H groups in total. The predicted octanol–water partition coefficient (Wildman–Crippen LogP) is 5.25. The molecule has 1 saturated carbocycles. The quantitative estimate of drug-likeness (QED) is 0.375. The number of aromatic nitrogens is 4. The zero-order valence-electron chi connectivity index (χ0n) is 19.2. The molecule has 0 atom stereocenters. The van der Waals surface area contributed by atoms with Crippen LogP contribution in [0.4, 0.5) is 4.39 Å². The van der Waals surface area contributed by atoms with Gasteiger partial charge in [0.25, 0.3) is 0 Å². The highest BCUT2D eigenvalue weighted by Crippen LogP contribution is 2.31. The molecule has 9 heteroatoms. The third-order valence-corrected chi connectivity index (χ3v) is 6.38. The second-order valence-corrected chi connectivity index (χ2v) is 8.76. The van der Waals surface area contributed by atoms with E-state index in [-0.39, 0.29) is 18.4 Å². The van der Waals surface area contributed by atoms with E-state index in [4.69, 9.17) is 14.6 Å². The average Bonchev–Trinajstić information content (AvgIpc) is 3.28. The summed E-state index contributed by atoms with van der Waals surface area (Å²) < 4.78 is 26.2. The maximum atomic E-state index is 15.0. The number of carboxylic acids is 1. The molecule has 0 spiro atoms.